The van der Waals surface area contributed by atoms with Gasteiger partial charge in [-0.1, -0.05) is 11.8 Å². The molecule has 0 spiro atoms. The van der Waals surface area contributed by atoms with Crippen molar-refractivity contribution in [3.05, 3.63) is 67.0 Å². The van der Waals surface area contributed by atoms with Crippen LogP contribution in [0, 0.1) is 0 Å². The summed E-state index contributed by atoms with van der Waals surface area (Å²) >= 11 is 0.966. The van der Waals surface area contributed by atoms with E-state index in [0.29, 0.717) is 16.9 Å². The summed E-state index contributed by atoms with van der Waals surface area (Å²) < 4.78 is 91.9. The molecule has 1 aromatic heterocycles. The van der Waals surface area contributed by atoms with Crippen LogP contribution in [0.5, 0.6) is 17.2 Å². The standard InChI is InChI=1S/C31H27F6N7O5S/c1-42(2)20-7-11-24(48-13-12-30(32,33)34)23(15-20)44-26(45)16-50-29(44)40-28(46)39-22-10-4-18(14-25(22)47-3)27-38-17-43(41-27)19-5-8-21(9-6-19)49-31(35,36)37/h4-11,14-15,17H,12-13,16H2,1-3H3,(H,39,46). The minimum atomic E-state index is -4.82. The summed E-state index contributed by atoms with van der Waals surface area (Å²) in [7, 11) is 4.85. The quantitative estimate of drug-likeness (QED) is 0.174. The van der Waals surface area contributed by atoms with Gasteiger partial charge in [-0.25, -0.2) is 14.5 Å². The van der Waals surface area contributed by atoms with Crippen LogP contribution in [-0.4, -0.2) is 78.0 Å². The van der Waals surface area contributed by atoms with Crippen molar-refractivity contribution in [3.8, 4) is 34.3 Å². The van der Waals surface area contributed by atoms with Crippen LogP contribution in [0.15, 0.2) is 72.0 Å². The highest BCUT2D eigenvalue weighted by molar-refractivity contribution is 8.15. The predicted molar refractivity (Wildman–Crippen MR) is 173 cm³/mol. The second-order valence-corrected chi connectivity index (χ2v) is 11.5. The van der Waals surface area contributed by atoms with Gasteiger partial charge in [0.25, 0.3) is 0 Å². The first kappa shape index (κ1) is 35.8. The van der Waals surface area contributed by atoms with E-state index in [0.717, 1.165) is 28.8 Å². The molecule has 0 radical (unpaired) electrons. The van der Waals surface area contributed by atoms with Gasteiger partial charge in [0.2, 0.25) is 5.91 Å². The topological polar surface area (TPSA) is 123 Å². The maximum atomic E-state index is 13.1. The van der Waals surface area contributed by atoms with Crippen LogP contribution in [-0.2, 0) is 4.79 Å². The summed E-state index contributed by atoms with van der Waals surface area (Å²) in [5, 5.41) is 6.93. The van der Waals surface area contributed by atoms with Gasteiger partial charge in [0.1, 0.15) is 23.6 Å². The van der Waals surface area contributed by atoms with Crippen molar-refractivity contribution in [2.45, 2.75) is 19.0 Å². The van der Waals surface area contributed by atoms with Crippen LogP contribution in [0.2, 0.25) is 0 Å². The van der Waals surface area contributed by atoms with Gasteiger partial charge < -0.3 is 24.4 Å². The molecule has 19 heteroatoms. The molecule has 264 valence electrons. The highest BCUT2D eigenvalue weighted by Crippen LogP contribution is 2.38. The summed E-state index contributed by atoms with van der Waals surface area (Å²) in [4.78, 5) is 37.3. The van der Waals surface area contributed by atoms with Gasteiger partial charge in [-0.05, 0) is 60.7 Å². The van der Waals surface area contributed by atoms with Gasteiger partial charge in [0.15, 0.2) is 11.0 Å². The van der Waals surface area contributed by atoms with Gasteiger partial charge in [-0.2, -0.15) is 18.2 Å². The number of hydrogen-bond acceptors (Lipinski definition) is 9. The van der Waals surface area contributed by atoms with E-state index in [1.807, 2.05) is 0 Å². The summed E-state index contributed by atoms with van der Waals surface area (Å²) in [6, 6.07) is 13.4. The van der Waals surface area contributed by atoms with Gasteiger partial charge in [-0.15, -0.1) is 18.3 Å². The maximum Gasteiger partial charge on any atom is 0.573 e. The summed E-state index contributed by atoms with van der Waals surface area (Å²) in [5.74, 6) is -0.489. The Morgan fingerprint density at radius 3 is 2.42 bits per heavy atom. The smallest absolute Gasteiger partial charge is 0.495 e. The third-order valence-corrected chi connectivity index (χ3v) is 7.76. The summed E-state index contributed by atoms with van der Waals surface area (Å²) in [6.07, 6.45) is -9.11. The number of thioether (sulfide) groups is 1. The number of amides is 3. The summed E-state index contributed by atoms with van der Waals surface area (Å²) in [6.45, 7) is -0.681. The molecule has 1 N–H and O–H groups in total. The lowest BCUT2D eigenvalue weighted by Gasteiger charge is -2.23. The lowest BCUT2D eigenvalue weighted by atomic mass is 10.2. The highest BCUT2D eigenvalue weighted by Gasteiger charge is 2.34. The van der Waals surface area contributed by atoms with Crippen LogP contribution in [0.25, 0.3) is 17.1 Å². The van der Waals surface area contributed by atoms with Gasteiger partial charge in [0.05, 0.1) is 43.0 Å². The minimum Gasteiger partial charge on any atom is -0.495 e. The lowest BCUT2D eigenvalue weighted by molar-refractivity contribution is -0.274. The number of anilines is 3. The van der Waals surface area contributed by atoms with E-state index < -0.39 is 43.3 Å². The lowest BCUT2D eigenvalue weighted by Crippen LogP contribution is -2.31. The van der Waals surface area contributed by atoms with E-state index in [9.17, 15) is 35.9 Å². The average molecular weight is 724 g/mol. The number of benzene rings is 3. The molecule has 0 atom stereocenters. The van der Waals surface area contributed by atoms with Crippen LogP contribution >= 0.6 is 11.8 Å². The Morgan fingerprint density at radius 2 is 1.76 bits per heavy atom. The van der Waals surface area contributed by atoms with Crippen molar-refractivity contribution in [1.82, 2.24) is 14.8 Å². The number of halogens is 6. The molecule has 3 amide bonds. The first-order valence-corrected chi connectivity index (χ1v) is 15.4. The normalized spacial score (nSPS) is 14.2. The Balaban J connectivity index is 1.34. The zero-order valence-electron chi connectivity index (χ0n) is 26.4. The number of amidine groups is 1. The number of carbonyl (C=O) groups is 2. The Labute approximate surface area is 284 Å². The number of methoxy groups -OCH3 is 1. The Bertz CT molecular complexity index is 1900. The maximum absolute atomic E-state index is 13.1. The number of urea groups is 1. The predicted octanol–water partition coefficient (Wildman–Crippen LogP) is 6.91. The van der Waals surface area contributed by atoms with E-state index >= 15 is 0 Å². The number of rotatable bonds is 10. The fourth-order valence-electron chi connectivity index (χ4n) is 4.52. The Morgan fingerprint density at radius 1 is 1.02 bits per heavy atom. The van der Waals surface area contributed by atoms with E-state index in [-0.39, 0.29) is 39.6 Å². The first-order chi connectivity index (χ1) is 23.6. The SMILES string of the molecule is COc1cc(-c2ncn(-c3ccc(OC(F)(F)F)cc3)n2)ccc1NC(=O)N=C1SCC(=O)N1c1cc(N(C)C)ccc1OCCC(F)(F)F. The number of aliphatic imine (C=N–C) groups is 1. The highest BCUT2D eigenvalue weighted by atomic mass is 32.2. The molecule has 5 rings (SSSR count). The van der Waals surface area contributed by atoms with E-state index in [4.69, 9.17) is 9.47 Å². The van der Waals surface area contributed by atoms with Crippen LogP contribution < -0.4 is 29.3 Å². The van der Waals surface area contributed by atoms with Gasteiger partial charge >= 0.3 is 18.6 Å². The molecule has 0 unspecified atom stereocenters. The second kappa shape index (κ2) is 14.6. The first-order valence-electron chi connectivity index (χ1n) is 14.4. The average Bonchev–Trinajstić information content (AvgIpc) is 3.67. The van der Waals surface area contributed by atoms with Crippen LogP contribution in [0.1, 0.15) is 6.42 Å². The van der Waals surface area contributed by atoms with Gasteiger partial charge in [-0.3, -0.25) is 9.69 Å². The van der Waals surface area contributed by atoms with Crippen molar-refractivity contribution >= 4 is 45.9 Å². The number of ether oxygens (including phenoxy) is 3. The molecule has 4 aromatic rings. The fraction of sp³-hybridized carbons (Fsp3) is 0.258. The molecule has 12 nitrogen and oxygen atoms in total. The third kappa shape index (κ3) is 8.95. The molecule has 2 heterocycles. The number of nitrogens with one attached hydrogen (secondary N) is 1. The molecule has 0 bridgehead atoms. The van der Waals surface area contributed by atoms with E-state index in [1.54, 1.807) is 43.3 Å². The Hall–Kier alpha value is -5.46. The molecule has 1 aliphatic heterocycles. The van der Waals surface area contributed by atoms with Crippen molar-refractivity contribution in [2.24, 2.45) is 4.99 Å². The second-order valence-electron chi connectivity index (χ2n) is 10.6. The van der Waals surface area contributed by atoms with Gasteiger partial charge in [0, 0.05) is 25.3 Å². The molecular formula is C31H27F6N7O5S. The Kier molecular flexibility index (Phi) is 10.4. The molecule has 1 aliphatic rings. The molecule has 50 heavy (non-hydrogen) atoms. The minimum absolute atomic E-state index is 0.00426. The molecule has 1 saturated heterocycles. The molecule has 3 aromatic carbocycles. The van der Waals surface area contributed by atoms with E-state index in [2.05, 4.69) is 25.1 Å². The number of aromatic nitrogens is 3. The fourth-order valence-corrected chi connectivity index (χ4v) is 5.38. The largest absolute Gasteiger partial charge is 0.573 e. The van der Waals surface area contributed by atoms with Crippen LogP contribution in [0.3, 0.4) is 0 Å². The monoisotopic (exact) mass is 723 g/mol. The zero-order valence-corrected chi connectivity index (χ0v) is 27.2. The zero-order chi connectivity index (χ0) is 36.2. The third-order valence-electron chi connectivity index (χ3n) is 6.83. The number of alkyl halides is 6. The van der Waals surface area contributed by atoms with Crippen molar-refractivity contribution in [2.75, 3.05) is 48.7 Å². The molecular weight excluding hydrogens is 696 g/mol. The molecule has 0 aliphatic carbocycles. The van der Waals surface area contributed by atoms with Crippen molar-refractivity contribution in [3.63, 3.8) is 0 Å². The number of carbonyl (C=O) groups excluding carboxylic acids is 2. The molecule has 0 saturated carbocycles. The molecule has 1 fully saturated rings. The van der Waals surface area contributed by atoms with Crippen LogP contribution in [0.4, 0.5) is 48.2 Å². The summed E-state index contributed by atoms with van der Waals surface area (Å²) in [5.41, 5.74) is 1.84. The number of hydrogen-bond donors (Lipinski definition) is 1. The van der Waals surface area contributed by atoms with E-state index in [1.165, 1.54) is 42.4 Å². The number of nitrogens with zero attached hydrogens (tertiary/aromatic N) is 6. The van der Waals surface area contributed by atoms with Crippen molar-refractivity contribution in [1.29, 1.82) is 0 Å². The van der Waals surface area contributed by atoms with Crippen molar-refractivity contribution < 1.29 is 50.1 Å².